The zero-order valence-corrected chi connectivity index (χ0v) is 18.1. The van der Waals surface area contributed by atoms with Crippen molar-refractivity contribution in [3.63, 3.8) is 0 Å². The second-order valence-electron chi connectivity index (χ2n) is 6.83. The van der Waals surface area contributed by atoms with Crippen molar-refractivity contribution in [1.82, 2.24) is 4.98 Å². The first-order chi connectivity index (χ1) is 14.9. The first kappa shape index (κ1) is 22.9. The van der Waals surface area contributed by atoms with Gasteiger partial charge in [0.05, 0.1) is 4.88 Å². The molecule has 2 aromatic carbocycles. The summed E-state index contributed by atoms with van der Waals surface area (Å²) in [5, 5.41) is 19.1. The summed E-state index contributed by atoms with van der Waals surface area (Å²) >= 11 is 7.07. The zero-order valence-electron chi connectivity index (χ0n) is 16.5. The van der Waals surface area contributed by atoms with Gasteiger partial charge < -0.3 is 19.7 Å². The van der Waals surface area contributed by atoms with E-state index < -0.39 is 12.1 Å². The van der Waals surface area contributed by atoms with Crippen LogP contribution in [0.25, 0.3) is 0 Å². The Morgan fingerprint density at radius 1 is 1.19 bits per heavy atom. The first-order valence-electron chi connectivity index (χ1n) is 9.62. The number of nitrogens with one attached hydrogen (secondary N) is 1. The van der Waals surface area contributed by atoms with E-state index in [0.717, 1.165) is 22.5 Å². The predicted octanol–water partition coefficient (Wildman–Crippen LogP) is 4.39. The highest BCUT2D eigenvalue weighted by molar-refractivity contribution is 7.09. The van der Waals surface area contributed by atoms with Crippen LogP contribution in [-0.4, -0.2) is 34.4 Å². The van der Waals surface area contributed by atoms with E-state index in [-0.39, 0.29) is 30.4 Å². The molecule has 1 aromatic heterocycles. The van der Waals surface area contributed by atoms with Crippen molar-refractivity contribution >= 4 is 28.9 Å². The predicted molar refractivity (Wildman–Crippen MR) is 118 cm³/mol. The van der Waals surface area contributed by atoms with E-state index in [1.165, 1.54) is 0 Å². The maximum atomic E-state index is 11.3. The highest BCUT2D eigenvalue weighted by atomic mass is 35.5. The van der Waals surface area contributed by atoms with E-state index in [0.29, 0.717) is 28.5 Å². The number of halogens is 1. The van der Waals surface area contributed by atoms with Gasteiger partial charge in [0.1, 0.15) is 18.5 Å². The van der Waals surface area contributed by atoms with Gasteiger partial charge in [-0.3, -0.25) is 14.6 Å². The third-order valence-corrected chi connectivity index (χ3v) is 5.57. The molecule has 1 unspecified atom stereocenters. The number of ether oxygens (including phenoxy) is 2. The number of hydrogen-bond acceptors (Lipinski definition) is 6. The van der Waals surface area contributed by atoms with Crippen molar-refractivity contribution in [3.05, 3.63) is 79.2 Å². The molecule has 0 amide bonds. The molecule has 0 saturated heterocycles. The number of carbonyl (C=O) groups is 1. The van der Waals surface area contributed by atoms with Crippen molar-refractivity contribution in [1.29, 1.82) is 0 Å². The number of rotatable bonds is 11. The number of aromatic nitrogens is 1. The van der Waals surface area contributed by atoms with Gasteiger partial charge in [-0.1, -0.05) is 47.2 Å². The van der Waals surface area contributed by atoms with E-state index >= 15 is 0 Å². The summed E-state index contributed by atoms with van der Waals surface area (Å²) < 4.78 is 11.8. The summed E-state index contributed by atoms with van der Waals surface area (Å²) in [6.07, 6.45) is 0.476. The molecule has 9 heteroatoms. The van der Waals surface area contributed by atoms with E-state index in [4.69, 9.17) is 26.2 Å². The van der Waals surface area contributed by atoms with Crippen LogP contribution in [0.2, 0.25) is 5.02 Å². The number of benzene rings is 2. The van der Waals surface area contributed by atoms with Gasteiger partial charge in [0.15, 0.2) is 0 Å². The van der Waals surface area contributed by atoms with Gasteiger partial charge in [-0.2, -0.15) is 0 Å². The Morgan fingerprint density at radius 2 is 1.97 bits per heavy atom. The van der Waals surface area contributed by atoms with Crippen LogP contribution in [0.4, 0.5) is 0 Å². The Morgan fingerprint density at radius 3 is 2.61 bits per heavy atom. The average Bonchev–Trinajstić information content (AvgIpc) is 3.05. The lowest BCUT2D eigenvalue weighted by atomic mass is 10.1. The Balaban J connectivity index is 1.61. The van der Waals surface area contributed by atoms with Crippen LogP contribution in [0.15, 0.2) is 53.3 Å². The summed E-state index contributed by atoms with van der Waals surface area (Å²) in [6, 6.07) is 14.6. The molecule has 0 fully saturated rings. The normalized spacial score (nSPS) is 11.9. The lowest BCUT2D eigenvalue weighted by molar-refractivity contribution is -0.137. The van der Waals surface area contributed by atoms with Crippen molar-refractivity contribution in [2.75, 3.05) is 13.2 Å². The molecular weight excluding hydrogens is 442 g/mol. The molecule has 1 atom stereocenters. The van der Waals surface area contributed by atoms with Gasteiger partial charge in [0, 0.05) is 24.5 Å². The topological polar surface area (TPSA) is 109 Å². The lowest BCUT2D eigenvalue weighted by Gasteiger charge is -2.19. The number of carboxylic acid groups (broad SMARTS) is 1. The van der Waals surface area contributed by atoms with Crippen molar-refractivity contribution in [3.8, 4) is 11.6 Å². The molecule has 3 rings (SSSR count). The summed E-state index contributed by atoms with van der Waals surface area (Å²) in [5.74, 6) is -0.324. The van der Waals surface area contributed by atoms with Gasteiger partial charge >= 0.3 is 10.8 Å². The smallest absolute Gasteiger partial charge is 0.307 e. The number of thiazole rings is 1. The lowest BCUT2D eigenvalue weighted by Crippen LogP contribution is -2.15. The standard InChI is InChI=1S/C22H22ClNO6S/c23-16-4-1-3-15(12-16)18(29-10-2-5-20(25)26)13-30-17-8-6-14(7-9-17)11-19-21(27)24-22(28)31-19/h1,3-4,6-9,12,18,27H,2,5,10-11,13H2,(H,24,28)(H,25,26). The first-order valence-corrected chi connectivity index (χ1v) is 10.8. The zero-order chi connectivity index (χ0) is 22.2. The van der Waals surface area contributed by atoms with Crippen molar-refractivity contribution in [2.24, 2.45) is 0 Å². The van der Waals surface area contributed by atoms with Crippen LogP contribution in [0.3, 0.4) is 0 Å². The summed E-state index contributed by atoms with van der Waals surface area (Å²) in [6.45, 7) is 0.516. The maximum Gasteiger partial charge on any atom is 0.307 e. The molecule has 0 saturated carbocycles. The fourth-order valence-corrected chi connectivity index (χ4v) is 3.89. The highest BCUT2D eigenvalue weighted by Gasteiger charge is 2.15. The van der Waals surface area contributed by atoms with Gasteiger partial charge in [-0.05, 0) is 41.8 Å². The minimum absolute atomic E-state index is 0.0377. The fraction of sp³-hybridized carbons (Fsp3) is 0.273. The number of aromatic hydroxyl groups is 1. The Bertz CT molecular complexity index is 1060. The van der Waals surface area contributed by atoms with Crippen LogP contribution < -0.4 is 9.61 Å². The van der Waals surface area contributed by atoms with Crippen LogP contribution in [-0.2, 0) is 16.0 Å². The SMILES string of the molecule is O=C(O)CCCOC(COc1ccc(Cc2sc(=O)[nH]c2O)cc1)c1cccc(Cl)c1. The molecule has 31 heavy (non-hydrogen) atoms. The molecule has 1 heterocycles. The molecule has 7 nitrogen and oxygen atoms in total. The second kappa shape index (κ2) is 11.0. The molecule has 3 N–H and O–H groups in total. The van der Waals surface area contributed by atoms with E-state index in [2.05, 4.69) is 4.98 Å². The summed E-state index contributed by atoms with van der Waals surface area (Å²) in [4.78, 5) is 24.7. The third kappa shape index (κ3) is 7.13. The molecule has 0 aliphatic heterocycles. The number of aliphatic carboxylic acids is 1. The molecule has 0 spiro atoms. The number of carboxylic acids is 1. The molecular formula is C22H22ClNO6S. The molecule has 164 valence electrons. The monoisotopic (exact) mass is 463 g/mol. The van der Waals surface area contributed by atoms with E-state index in [9.17, 15) is 14.7 Å². The molecule has 0 radical (unpaired) electrons. The largest absolute Gasteiger partial charge is 0.494 e. The van der Waals surface area contributed by atoms with Crippen LogP contribution in [0, 0.1) is 0 Å². The minimum Gasteiger partial charge on any atom is -0.494 e. The summed E-state index contributed by atoms with van der Waals surface area (Å²) in [5.41, 5.74) is 1.77. The van der Waals surface area contributed by atoms with Crippen molar-refractivity contribution in [2.45, 2.75) is 25.4 Å². The number of hydrogen-bond donors (Lipinski definition) is 3. The van der Waals surface area contributed by atoms with Crippen LogP contribution in [0.1, 0.15) is 34.9 Å². The highest BCUT2D eigenvalue weighted by Crippen LogP contribution is 2.25. The molecule has 3 aromatic rings. The molecule has 0 aliphatic carbocycles. The van der Waals surface area contributed by atoms with E-state index in [1.807, 2.05) is 24.3 Å². The Kier molecular flexibility index (Phi) is 8.11. The third-order valence-electron chi connectivity index (χ3n) is 4.46. The average molecular weight is 464 g/mol. The molecule has 0 aliphatic rings. The van der Waals surface area contributed by atoms with Crippen molar-refractivity contribution < 1.29 is 24.5 Å². The Hall–Kier alpha value is -2.81. The van der Waals surface area contributed by atoms with Gasteiger partial charge in [0.2, 0.25) is 5.88 Å². The van der Waals surface area contributed by atoms with Gasteiger partial charge in [-0.15, -0.1) is 0 Å². The number of aromatic amines is 1. The summed E-state index contributed by atoms with van der Waals surface area (Å²) in [7, 11) is 0. The maximum absolute atomic E-state index is 11.3. The van der Waals surface area contributed by atoms with E-state index in [1.54, 1.807) is 24.3 Å². The quantitative estimate of drug-likeness (QED) is 0.364. The van der Waals surface area contributed by atoms with Crippen LogP contribution in [0.5, 0.6) is 11.6 Å². The van der Waals surface area contributed by atoms with Crippen LogP contribution >= 0.6 is 22.9 Å². The molecule has 0 bridgehead atoms. The van der Waals surface area contributed by atoms with Gasteiger partial charge in [0.25, 0.3) is 0 Å². The van der Waals surface area contributed by atoms with Gasteiger partial charge in [-0.25, -0.2) is 0 Å². The minimum atomic E-state index is -0.862. The Labute approximate surface area is 187 Å². The number of H-pyrrole nitrogens is 1. The fourth-order valence-electron chi connectivity index (χ4n) is 2.93. The second-order valence-corrected chi connectivity index (χ2v) is 8.33.